The number of fused-ring (bicyclic) bond motifs is 1. The normalized spacial score (nSPS) is 18.1. The molecular weight excluding hydrogens is 539 g/mol. The van der Waals surface area contributed by atoms with Crippen LogP contribution in [0.1, 0.15) is 47.2 Å². The Morgan fingerprint density at radius 1 is 0.921 bits per heavy atom. The van der Waals surface area contributed by atoms with Crippen LogP contribution < -0.4 is 4.90 Å². The number of halogens is 9. The van der Waals surface area contributed by atoms with Gasteiger partial charge in [-0.2, -0.15) is 39.5 Å². The van der Waals surface area contributed by atoms with Crippen molar-refractivity contribution >= 4 is 17.9 Å². The molecule has 1 aliphatic heterocycles. The fraction of sp³-hybridized carbons (Fsp3) is 0.391. The van der Waals surface area contributed by atoms with Crippen molar-refractivity contribution in [3.63, 3.8) is 0 Å². The van der Waals surface area contributed by atoms with Gasteiger partial charge >= 0.3 is 30.7 Å². The largest absolute Gasteiger partial charge is 0.465 e. The smallest absolute Gasteiger partial charge is 0.416 e. The van der Waals surface area contributed by atoms with Gasteiger partial charge in [-0.05, 0) is 60.9 Å². The molecule has 2 amide bonds. The quantitative estimate of drug-likeness (QED) is 0.401. The van der Waals surface area contributed by atoms with Crippen molar-refractivity contribution in [1.29, 1.82) is 0 Å². The first kappa shape index (κ1) is 28.9. The Hall–Kier alpha value is -3.65. The summed E-state index contributed by atoms with van der Waals surface area (Å²) < 4.78 is 125. The minimum atomic E-state index is -5.18. The van der Waals surface area contributed by atoms with E-state index in [1.807, 2.05) is 0 Å². The average Bonchev–Trinajstić information content (AvgIpc) is 2.79. The van der Waals surface area contributed by atoms with Crippen molar-refractivity contribution in [2.24, 2.45) is 0 Å². The first-order valence-electron chi connectivity index (χ1n) is 10.7. The Labute approximate surface area is 209 Å². The highest BCUT2D eigenvalue weighted by atomic mass is 19.4. The molecule has 1 aliphatic rings. The van der Waals surface area contributed by atoms with Gasteiger partial charge in [-0.1, -0.05) is 0 Å². The number of hydrogen-bond donors (Lipinski definition) is 1. The number of methoxy groups -OCH3 is 1. The number of anilines is 1. The predicted octanol–water partition coefficient (Wildman–Crippen LogP) is 7.33. The van der Waals surface area contributed by atoms with Crippen LogP contribution in [0.15, 0.2) is 36.4 Å². The number of amides is 2. The van der Waals surface area contributed by atoms with Crippen LogP contribution in [0.3, 0.4) is 0 Å². The molecule has 1 heterocycles. The third-order valence-corrected chi connectivity index (χ3v) is 5.97. The van der Waals surface area contributed by atoms with Gasteiger partial charge in [0.25, 0.3) is 0 Å². The molecule has 0 aliphatic carbocycles. The molecule has 2 atom stereocenters. The number of carboxylic acid groups (broad SMARTS) is 1. The molecule has 0 saturated carbocycles. The van der Waals surface area contributed by atoms with Crippen molar-refractivity contribution in [1.82, 2.24) is 4.90 Å². The third-order valence-electron chi connectivity index (χ3n) is 5.97. The van der Waals surface area contributed by atoms with Crippen LogP contribution in [-0.2, 0) is 29.8 Å². The van der Waals surface area contributed by atoms with Crippen LogP contribution in [0.25, 0.3) is 0 Å². The van der Waals surface area contributed by atoms with Crippen molar-refractivity contribution in [3.05, 3.63) is 64.2 Å². The summed E-state index contributed by atoms with van der Waals surface area (Å²) in [5.41, 5.74) is -5.69. The first-order chi connectivity index (χ1) is 17.3. The average molecular weight is 558 g/mol. The van der Waals surface area contributed by atoms with Crippen LogP contribution in [0.4, 0.5) is 54.8 Å². The van der Waals surface area contributed by atoms with Gasteiger partial charge in [0.2, 0.25) is 0 Å². The highest BCUT2D eigenvalue weighted by molar-refractivity contribution is 5.89. The van der Waals surface area contributed by atoms with E-state index in [1.165, 1.54) is 6.92 Å². The summed E-state index contributed by atoms with van der Waals surface area (Å²) in [6.45, 7) is 0.461. The zero-order valence-electron chi connectivity index (χ0n) is 19.5. The van der Waals surface area contributed by atoms with E-state index in [9.17, 15) is 54.2 Å². The SMILES string of the molecule is COC(=O)N(Cc1cc(C(F)(F)F)cc(C(F)(F)F)c1)C1CC(C)N(C(=O)O)c2ccc(C(F)(F)F)cc21. The Morgan fingerprint density at radius 2 is 1.45 bits per heavy atom. The summed E-state index contributed by atoms with van der Waals surface area (Å²) >= 11 is 0. The van der Waals surface area contributed by atoms with E-state index in [0.29, 0.717) is 29.2 Å². The lowest BCUT2D eigenvalue weighted by atomic mass is 9.89. The van der Waals surface area contributed by atoms with E-state index in [4.69, 9.17) is 0 Å². The van der Waals surface area contributed by atoms with Gasteiger partial charge in [0.05, 0.1) is 35.5 Å². The second kappa shape index (κ2) is 9.91. The topological polar surface area (TPSA) is 70.1 Å². The van der Waals surface area contributed by atoms with E-state index >= 15 is 0 Å². The predicted molar refractivity (Wildman–Crippen MR) is 113 cm³/mol. The van der Waals surface area contributed by atoms with Crippen molar-refractivity contribution in [2.75, 3.05) is 12.0 Å². The van der Waals surface area contributed by atoms with Crippen LogP contribution in [0, 0.1) is 0 Å². The summed E-state index contributed by atoms with van der Waals surface area (Å²) in [5.74, 6) is 0. The van der Waals surface area contributed by atoms with Crippen molar-refractivity contribution < 1.29 is 58.9 Å². The molecule has 2 aromatic rings. The Bertz CT molecular complexity index is 1190. The molecule has 15 heteroatoms. The maximum atomic E-state index is 13.5. The maximum Gasteiger partial charge on any atom is 0.416 e. The van der Waals surface area contributed by atoms with E-state index in [2.05, 4.69) is 4.74 Å². The van der Waals surface area contributed by atoms with E-state index in [1.54, 1.807) is 0 Å². The molecule has 2 aromatic carbocycles. The van der Waals surface area contributed by atoms with E-state index < -0.39 is 71.6 Å². The number of benzene rings is 2. The third kappa shape index (κ3) is 5.91. The molecule has 3 rings (SSSR count). The number of rotatable bonds is 3. The zero-order valence-corrected chi connectivity index (χ0v) is 19.5. The van der Waals surface area contributed by atoms with Crippen molar-refractivity contribution in [3.8, 4) is 0 Å². The van der Waals surface area contributed by atoms with Crippen LogP contribution in [0.5, 0.6) is 0 Å². The monoisotopic (exact) mass is 558 g/mol. The molecule has 6 nitrogen and oxygen atoms in total. The fourth-order valence-corrected chi connectivity index (χ4v) is 4.32. The van der Waals surface area contributed by atoms with Crippen molar-refractivity contribution in [2.45, 2.75) is 50.5 Å². The maximum absolute atomic E-state index is 13.5. The Morgan fingerprint density at radius 3 is 1.89 bits per heavy atom. The number of carbonyl (C=O) groups is 2. The lowest BCUT2D eigenvalue weighted by Crippen LogP contribution is -2.47. The summed E-state index contributed by atoms with van der Waals surface area (Å²) in [6.07, 6.45) is -18.4. The lowest BCUT2D eigenvalue weighted by molar-refractivity contribution is -0.143. The molecular formula is C23H19F9N2O4. The van der Waals surface area contributed by atoms with Gasteiger partial charge in [0, 0.05) is 12.6 Å². The zero-order chi connectivity index (χ0) is 28.8. The molecule has 2 unspecified atom stereocenters. The number of nitrogens with zero attached hydrogens (tertiary/aromatic N) is 2. The van der Waals surface area contributed by atoms with Crippen LogP contribution in [0.2, 0.25) is 0 Å². The molecule has 0 aromatic heterocycles. The molecule has 0 saturated heterocycles. The summed E-state index contributed by atoms with van der Waals surface area (Å²) in [7, 11) is 0.867. The van der Waals surface area contributed by atoms with Gasteiger partial charge in [0.1, 0.15) is 0 Å². The second-order valence-corrected chi connectivity index (χ2v) is 8.54. The lowest BCUT2D eigenvalue weighted by Gasteiger charge is -2.42. The van der Waals surface area contributed by atoms with Gasteiger partial charge in [-0.25, -0.2) is 9.59 Å². The van der Waals surface area contributed by atoms with Crippen LogP contribution in [-0.4, -0.2) is 35.3 Å². The molecule has 0 spiro atoms. The summed E-state index contributed by atoms with van der Waals surface area (Å²) in [6, 6.07) is 0.401. The molecule has 0 radical (unpaired) electrons. The van der Waals surface area contributed by atoms with Gasteiger partial charge in [-0.15, -0.1) is 0 Å². The van der Waals surface area contributed by atoms with E-state index in [-0.39, 0.29) is 23.7 Å². The molecule has 38 heavy (non-hydrogen) atoms. The number of ether oxygens (including phenoxy) is 1. The van der Waals surface area contributed by atoms with Gasteiger partial charge in [0.15, 0.2) is 0 Å². The minimum absolute atomic E-state index is 0.107. The fourth-order valence-electron chi connectivity index (χ4n) is 4.32. The number of hydrogen-bond acceptors (Lipinski definition) is 3. The summed E-state index contributed by atoms with van der Waals surface area (Å²) in [4.78, 5) is 25.9. The highest BCUT2D eigenvalue weighted by Gasteiger charge is 2.42. The highest BCUT2D eigenvalue weighted by Crippen LogP contribution is 2.44. The number of alkyl halides is 9. The first-order valence-corrected chi connectivity index (χ1v) is 10.7. The second-order valence-electron chi connectivity index (χ2n) is 8.54. The molecule has 208 valence electrons. The molecule has 1 N–H and O–H groups in total. The van der Waals surface area contributed by atoms with Gasteiger partial charge < -0.3 is 9.84 Å². The van der Waals surface area contributed by atoms with Gasteiger partial charge in [-0.3, -0.25) is 9.80 Å². The molecule has 0 fully saturated rings. The Balaban J connectivity index is 2.20. The van der Waals surface area contributed by atoms with E-state index in [0.717, 1.165) is 18.1 Å². The van der Waals surface area contributed by atoms with Crippen LogP contribution >= 0.6 is 0 Å². The standard InChI is InChI=1S/C23H19F9N2O4/c1-11-5-18(16-9-13(21(24,25)26)3-4-17(16)34(11)19(35)36)33(20(37)38-2)10-12-6-14(22(27,28)29)8-15(7-12)23(30,31)32/h3-4,6-9,11,18H,5,10H2,1-2H3,(H,35,36). The number of carbonyl (C=O) groups excluding carboxylic acids is 1. The summed E-state index contributed by atoms with van der Waals surface area (Å²) in [5, 5.41) is 9.60. The minimum Gasteiger partial charge on any atom is -0.465 e. The Kier molecular flexibility index (Phi) is 7.54. The molecule has 0 bridgehead atoms.